The van der Waals surface area contributed by atoms with Crippen LogP contribution in [-0.2, 0) is 9.59 Å². The van der Waals surface area contributed by atoms with Gasteiger partial charge in [0.15, 0.2) is 0 Å². The Bertz CT molecular complexity index is 1200. The summed E-state index contributed by atoms with van der Waals surface area (Å²) in [7, 11) is 0. The zero-order chi connectivity index (χ0) is 22.7. The Morgan fingerprint density at radius 2 is 1.62 bits per heavy atom. The van der Waals surface area contributed by atoms with E-state index in [-0.39, 0.29) is 17.5 Å². The van der Waals surface area contributed by atoms with Crippen molar-refractivity contribution in [3.05, 3.63) is 95.2 Å². The van der Waals surface area contributed by atoms with Crippen LogP contribution < -0.4 is 15.0 Å². The van der Waals surface area contributed by atoms with E-state index in [4.69, 9.17) is 4.74 Å². The van der Waals surface area contributed by atoms with E-state index in [0.29, 0.717) is 23.4 Å². The first-order chi connectivity index (χ1) is 15.5. The van der Waals surface area contributed by atoms with Gasteiger partial charge in [-0.1, -0.05) is 49.4 Å². The normalized spacial score (nSPS) is 13.7. The molecule has 162 valence electrons. The highest BCUT2D eigenvalue weighted by Gasteiger charge is 2.40. The Kier molecular flexibility index (Phi) is 6.08. The number of benzene rings is 3. The van der Waals surface area contributed by atoms with Crippen LogP contribution in [0.4, 0.5) is 11.4 Å². The van der Waals surface area contributed by atoms with Crippen molar-refractivity contribution in [1.29, 1.82) is 0 Å². The monoisotopic (exact) mass is 426 g/mol. The Morgan fingerprint density at radius 3 is 2.31 bits per heavy atom. The molecule has 1 aliphatic heterocycles. The minimum atomic E-state index is -0.368. The van der Waals surface area contributed by atoms with Gasteiger partial charge in [0.1, 0.15) is 11.4 Å². The van der Waals surface area contributed by atoms with Gasteiger partial charge in [0, 0.05) is 5.69 Å². The Balaban J connectivity index is 1.78. The molecule has 0 unspecified atom stereocenters. The summed E-state index contributed by atoms with van der Waals surface area (Å²) in [5, 5.41) is 3.21. The largest absolute Gasteiger partial charge is 0.494 e. The van der Waals surface area contributed by atoms with E-state index in [1.807, 2.05) is 87.5 Å². The van der Waals surface area contributed by atoms with Gasteiger partial charge in [-0.15, -0.1) is 0 Å². The third kappa shape index (κ3) is 4.14. The number of ether oxygens (including phenoxy) is 1. The molecule has 5 heteroatoms. The highest BCUT2D eigenvalue weighted by Crippen LogP contribution is 2.35. The minimum absolute atomic E-state index is 0.270. The Morgan fingerprint density at radius 1 is 0.875 bits per heavy atom. The maximum atomic E-state index is 13.6. The summed E-state index contributed by atoms with van der Waals surface area (Å²) in [6.45, 7) is 6.55. The maximum absolute atomic E-state index is 13.6. The molecule has 0 atom stereocenters. The summed E-state index contributed by atoms with van der Waals surface area (Å²) in [5.74, 6) is 0.0192. The van der Waals surface area contributed by atoms with Crippen LogP contribution in [0.3, 0.4) is 0 Å². The molecule has 1 aliphatic rings. The number of anilines is 2. The van der Waals surface area contributed by atoms with E-state index >= 15 is 0 Å². The fourth-order valence-corrected chi connectivity index (χ4v) is 3.75. The van der Waals surface area contributed by atoms with Gasteiger partial charge in [0.25, 0.3) is 11.8 Å². The molecule has 1 N–H and O–H groups in total. The lowest BCUT2D eigenvalue weighted by Gasteiger charge is -2.17. The number of aryl methyl sites for hydroxylation is 2. The lowest BCUT2D eigenvalue weighted by molar-refractivity contribution is -0.120. The molecule has 0 fully saturated rings. The average Bonchev–Trinajstić information content (AvgIpc) is 3.02. The van der Waals surface area contributed by atoms with E-state index in [1.165, 1.54) is 4.90 Å². The third-order valence-corrected chi connectivity index (χ3v) is 5.34. The van der Waals surface area contributed by atoms with Crippen molar-refractivity contribution in [2.45, 2.75) is 27.2 Å². The molecule has 2 amide bonds. The second kappa shape index (κ2) is 9.10. The summed E-state index contributed by atoms with van der Waals surface area (Å²) in [4.78, 5) is 28.3. The van der Waals surface area contributed by atoms with E-state index in [9.17, 15) is 9.59 Å². The second-order valence-electron chi connectivity index (χ2n) is 7.85. The van der Waals surface area contributed by atoms with Gasteiger partial charge in [-0.2, -0.15) is 0 Å². The van der Waals surface area contributed by atoms with Crippen molar-refractivity contribution < 1.29 is 14.3 Å². The number of amides is 2. The summed E-state index contributed by atoms with van der Waals surface area (Å²) in [6, 6.07) is 22.4. The number of imide groups is 1. The molecule has 0 aliphatic carbocycles. The number of carbonyl (C=O) groups excluding carboxylic acids is 2. The predicted octanol–water partition coefficient (Wildman–Crippen LogP) is 5.49. The van der Waals surface area contributed by atoms with Crippen LogP contribution in [0.2, 0.25) is 0 Å². The van der Waals surface area contributed by atoms with Crippen molar-refractivity contribution in [2.24, 2.45) is 0 Å². The van der Waals surface area contributed by atoms with E-state index in [1.54, 1.807) is 6.07 Å². The molecule has 4 rings (SSSR count). The number of hydrogen-bond donors (Lipinski definition) is 1. The topological polar surface area (TPSA) is 58.6 Å². The van der Waals surface area contributed by atoms with E-state index in [0.717, 1.165) is 29.0 Å². The fraction of sp³-hybridized carbons (Fsp3) is 0.185. The molecule has 0 saturated carbocycles. The van der Waals surface area contributed by atoms with Gasteiger partial charge in [0.2, 0.25) is 0 Å². The van der Waals surface area contributed by atoms with Crippen LogP contribution in [0.1, 0.15) is 30.0 Å². The van der Waals surface area contributed by atoms with Crippen LogP contribution in [-0.4, -0.2) is 18.4 Å². The first kappa shape index (κ1) is 21.4. The minimum Gasteiger partial charge on any atom is -0.494 e. The zero-order valence-electron chi connectivity index (χ0n) is 18.5. The highest BCUT2D eigenvalue weighted by atomic mass is 16.5. The van der Waals surface area contributed by atoms with Gasteiger partial charge in [-0.05, 0) is 67.3 Å². The van der Waals surface area contributed by atoms with Gasteiger partial charge >= 0.3 is 0 Å². The average molecular weight is 427 g/mol. The van der Waals surface area contributed by atoms with Crippen molar-refractivity contribution in [2.75, 3.05) is 16.8 Å². The van der Waals surface area contributed by atoms with Gasteiger partial charge < -0.3 is 10.1 Å². The van der Waals surface area contributed by atoms with E-state index < -0.39 is 0 Å². The van der Waals surface area contributed by atoms with Crippen molar-refractivity contribution >= 4 is 28.8 Å². The quantitative estimate of drug-likeness (QED) is 0.508. The molecule has 1 heterocycles. The molecule has 3 aromatic carbocycles. The SMILES string of the molecule is CCCOc1ccc(C2=C(Nc3cccc(C)c3)C(=O)N(c3ccccc3C)C2=O)cc1. The van der Waals surface area contributed by atoms with Gasteiger partial charge in [0.05, 0.1) is 17.9 Å². The molecule has 0 saturated heterocycles. The number of para-hydroxylation sites is 1. The molecule has 3 aromatic rings. The summed E-state index contributed by atoms with van der Waals surface area (Å²) in [6.07, 6.45) is 0.913. The fourth-order valence-electron chi connectivity index (χ4n) is 3.75. The summed E-state index contributed by atoms with van der Waals surface area (Å²) in [5.41, 5.74) is 4.54. The first-order valence-corrected chi connectivity index (χ1v) is 10.7. The maximum Gasteiger partial charge on any atom is 0.282 e. The van der Waals surface area contributed by atoms with Crippen LogP contribution in [0, 0.1) is 13.8 Å². The third-order valence-electron chi connectivity index (χ3n) is 5.34. The molecule has 0 aromatic heterocycles. The summed E-state index contributed by atoms with van der Waals surface area (Å²) < 4.78 is 5.67. The van der Waals surface area contributed by atoms with Gasteiger partial charge in [-0.25, -0.2) is 4.90 Å². The lowest BCUT2D eigenvalue weighted by atomic mass is 10.0. The molecule has 0 spiro atoms. The Hall–Kier alpha value is -3.86. The molecule has 32 heavy (non-hydrogen) atoms. The molecule has 0 radical (unpaired) electrons. The van der Waals surface area contributed by atoms with Crippen LogP contribution in [0.15, 0.2) is 78.5 Å². The number of carbonyl (C=O) groups is 2. The molecular weight excluding hydrogens is 400 g/mol. The van der Waals surface area contributed by atoms with E-state index in [2.05, 4.69) is 5.32 Å². The number of nitrogens with one attached hydrogen (secondary N) is 1. The van der Waals surface area contributed by atoms with Crippen LogP contribution >= 0.6 is 0 Å². The number of hydrogen-bond acceptors (Lipinski definition) is 4. The van der Waals surface area contributed by atoms with Crippen LogP contribution in [0.25, 0.3) is 5.57 Å². The molecular formula is C27H26N2O3. The van der Waals surface area contributed by atoms with Crippen molar-refractivity contribution in [1.82, 2.24) is 0 Å². The van der Waals surface area contributed by atoms with Crippen LogP contribution in [0.5, 0.6) is 5.75 Å². The first-order valence-electron chi connectivity index (χ1n) is 10.7. The summed E-state index contributed by atoms with van der Waals surface area (Å²) >= 11 is 0. The molecule has 0 bridgehead atoms. The zero-order valence-corrected chi connectivity index (χ0v) is 18.5. The van der Waals surface area contributed by atoms with Crippen molar-refractivity contribution in [3.63, 3.8) is 0 Å². The second-order valence-corrected chi connectivity index (χ2v) is 7.85. The number of nitrogens with zero attached hydrogens (tertiary/aromatic N) is 1. The number of rotatable bonds is 7. The molecule has 5 nitrogen and oxygen atoms in total. The highest BCUT2D eigenvalue weighted by molar-refractivity contribution is 6.46. The standard InChI is InChI=1S/C27H26N2O3/c1-4-16-32-22-14-12-20(13-15-22)24-25(28-21-10-7-8-18(2)17-21)27(31)29(26(24)30)23-11-6-5-9-19(23)3/h5-15,17,28H,4,16H2,1-3H3. The van der Waals surface area contributed by atoms with Gasteiger partial charge in [-0.3, -0.25) is 9.59 Å². The van der Waals surface area contributed by atoms with Crippen molar-refractivity contribution in [3.8, 4) is 5.75 Å². The predicted molar refractivity (Wildman–Crippen MR) is 128 cm³/mol. The smallest absolute Gasteiger partial charge is 0.282 e. The lowest BCUT2D eigenvalue weighted by Crippen LogP contribution is -2.33. The Labute approximate surface area is 188 Å².